The molecule has 0 saturated carbocycles. The number of ether oxygens (including phenoxy) is 1. The molecule has 1 atom stereocenters. The van der Waals surface area contributed by atoms with Gasteiger partial charge in [0, 0.05) is 17.5 Å². The Labute approximate surface area is 107 Å². The maximum Gasteiger partial charge on any atom is 0.311 e. The number of ketones is 1. The zero-order chi connectivity index (χ0) is 13.3. The van der Waals surface area contributed by atoms with E-state index < -0.39 is 5.41 Å². The summed E-state index contributed by atoms with van der Waals surface area (Å²) in [4.78, 5) is 23.7. The first-order chi connectivity index (χ1) is 8.39. The van der Waals surface area contributed by atoms with Gasteiger partial charge in [0.15, 0.2) is 5.78 Å². The van der Waals surface area contributed by atoms with Crippen LogP contribution in [0.1, 0.15) is 55.6 Å². The van der Waals surface area contributed by atoms with E-state index in [1.54, 1.807) is 6.07 Å². The molecule has 0 heterocycles. The van der Waals surface area contributed by atoms with Crippen molar-refractivity contribution in [3.05, 3.63) is 35.4 Å². The van der Waals surface area contributed by atoms with Crippen LogP contribution < -0.4 is 0 Å². The van der Waals surface area contributed by atoms with E-state index in [4.69, 9.17) is 4.74 Å². The lowest BCUT2D eigenvalue weighted by molar-refractivity contribution is -0.159. The predicted molar refractivity (Wildman–Crippen MR) is 68.3 cm³/mol. The van der Waals surface area contributed by atoms with Crippen molar-refractivity contribution in [3.63, 3.8) is 0 Å². The van der Waals surface area contributed by atoms with Crippen LogP contribution in [0, 0.1) is 5.41 Å². The van der Waals surface area contributed by atoms with Crippen molar-refractivity contribution in [2.45, 2.75) is 39.7 Å². The van der Waals surface area contributed by atoms with Crippen molar-refractivity contribution in [2.75, 3.05) is 0 Å². The van der Waals surface area contributed by atoms with E-state index in [0.29, 0.717) is 18.4 Å². The predicted octanol–water partition coefficient (Wildman–Crippen LogP) is 3.29. The van der Waals surface area contributed by atoms with Crippen molar-refractivity contribution < 1.29 is 14.3 Å². The van der Waals surface area contributed by atoms with E-state index >= 15 is 0 Å². The molecule has 1 aliphatic rings. The van der Waals surface area contributed by atoms with Gasteiger partial charge < -0.3 is 4.74 Å². The fourth-order valence-electron chi connectivity index (χ4n) is 2.01. The van der Waals surface area contributed by atoms with E-state index in [0.717, 1.165) is 5.56 Å². The van der Waals surface area contributed by atoms with Gasteiger partial charge in [0.25, 0.3) is 0 Å². The maximum atomic E-state index is 11.9. The van der Waals surface area contributed by atoms with Crippen molar-refractivity contribution in [2.24, 2.45) is 5.41 Å². The van der Waals surface area contributed by atoms with Crippen LogP contribution in [0.25, 0.3) is 0 Å². The summed E-state index contributed by atoms with van der Waals surface area (Å²) in [6.45, 7) is 5.49. The summed E-state index contributed by atoms with van der Waals surface area (Å²) in [5.74, 6) is -0.0923. The van der Waals surface area contributed by atoms with E-state index in [1.165, 1.54) is 0 Å². The minimum atomic E-state index is -0.517. The number of hydrogen-bond acceptors (Lipinski definition) is 3. The quantitative estimate of drug-likeness (QED) is 0.714. The van der Waals surface area contributed by atoms with Gasteiger partial charge in [-0.15, -0.1) is 0 Å². The fraction of sp³-hybridized carbons (Fsp3) is 0.467. The Morgan fingerprint density at radius 3 is 2.61 bits per heavy atom. The van der Waals surface area contributed by atoms with Crippen LogP contribution in [-0.2, 0) is 9.53 Å². The van der Waals surface area contributed by atoms with Gasteiger partial charge in [0.2, 0.25) is 0 Å². The Morgan fingerprint density at radius 2 is 1.94 bits per heavy atom. The van der Waals surface area contributed by atoms with Crippen molar-refractivity contribution in [1.82, 2.24) is 0 Å². The van der Waals surface area contributed by atoms with Crippen LogP contribution in [0.4, 0.5) is 0 Å². The minimum absolute atomic E-state index is 0.133. The fourth-order valence-corrected chi connectivity index (χ4v) is 2.01. The van der Waals surface area contributed by atoms with Crippen molar-refractivity contribution >= 4 is 11.8 Å². The lowest BCUT2D eigenvalue weighted by Crippen LogP contribution is -2.27. The normalized spacial score (nSPS) is 19.3. The van der Waals surface area contributed by atoms with Crippen LogP contribution >= 0.6 is 0 Å². The average molecular weight is 246 g/mol. The lowest BCUT2D eigenvalue weighted by atomic mass is 9.88. The summed E-state index contributed by atoms with van der Waals surface area (Å²) in [6.07, 6.45) is 0.738. The number of rotatable bonds is 1. The van der Waals surface area contributed by atoms with Crippen molar-refractivity contribution in [3.8, 4) is 0 Å². The van der Waals surface area contributed by atoms with E-state index in [2.05, 4.69) is 0 Å². The Balaban J connectivity index is 2.25. The van der Waals surface area contributed by atoms with E-state index in [1.807, 2.05) is 39.0 Å². The zero-order valence-electron chi connectivity index (χ0n) is 11.0. The summed E-state index contributed by atoms with van der Waals surface area (Å²) in [5, 5.41) is 0. The van der Waals surface area contributed by atoms with Crippen LogP contribution in [-0.4, -0.2) is 11.8 Å². The molecular weight excluding hydrogens is 228 g/mol. The molecule has 96 valence electrons. The Kier molecular flexibility index (Phi) is 3.24. The number of Topliss-reactive ketones (excluding diaryl/α,β-unsaturated/α-hetero) is 1. The number of carbonyl (C=O) groups is 2. The highest BCUT2D eigenvalue weighted by Gasteiger charge is 2.31. The first kappa shape index (κ1) is 12.8. The standard InChI is InChI=1S/C15H18O3/c1-15(2,3)14(17)18-13-9-8-12(16)10-6-4-5-7-11(10)13/h4-7,13H,8-9H2,1-3H3. The third kappa shape index (κ3) is 2.45. The molecule has 1 aromatic carbocycles. The molecule has 1 aromatic rings. The molecule has 0 N–H and O–H groups in total. The van der Waals surface area contributed by atoms with E-state index in [-0.39, 0.29) is 17.9 Å². The van der Waals surface area contributed by atoms with Crippen LogP contribution in [0.15, 0.2) is 24.3 Å². The molecule has 0 aromatic heterocycles. The number of esters is 1. The molecule has 0 spiro atoms. The molecule has 0 bridgehead atoms. The SMILES string of the molecule is CC(C)(C)C(=O)OC1CCC(=O)c2ccccc21. The minimum Gasteiger partial charge on any atom is -0.457 e. The largest absolute Gasteiger partial charge is 0.457 e. The van der Waals surface area contributed by atoms with Crippen LogP contribution in [0.3, 0.4) is 0 Å². The van der Waals surface area contributed by atoms with Gasteiger partial charge in [-0.25, -0.2) is 0 Å². The highest BCUT2D eigenvalue weighted by molar-refractivity contribution is 5.98. The highest BCUT2D eigenvalue weighted by Crippen LogP contribution is 2.34. The molecule has 0 amide bonds. The second kappa shape index (κ2) is 4.56. The molecule has 0 fully saturated rings. The second-order valence-electron chi connectivity index (χ2n) is 5.69. The third-order valence-corrected chi connectivity index (χ3v) is 3.10. The monoisotopic (exact) mass is 246 g/mol. The smallest absolute Gasteiger partial charge is 0.311 e. The van der Waals surface area contributed by atoms with Gasteiger partial charge in [-0.1, -0.05) is 24.3 Å². The second-order valence-corrected chi connectivity index (χ2v) is 5.69. The van der Waals surface area contributed by atoms with Gasteiger partial charge >= 0.3 is 5.97 Å². The molecule has 0 saturated heterocycles. The third-order valence-electron chi connectivity index (χ3n) is 3.10. The molecule has 18 heavy (non-hydrogen) atoms. The highest BCUT2D eigenvalue weighted by atomic mass is 16.5. The number of hydrogen-bond donors (Lipinski definition) is 0. The summed E-state index contributed by atoms with van der Waals surface area (Å²) in [6, 6.07) is 7.38. The molecular formula is C15H18O3. The summed E-state index contributed by atoms with van der Waals surface area (Å²) in [5.41, 5.74) is 1.01. The van der Waals surface area contributed by atoms with Crippen LogP contribution in [0.2, 0.25) is 0 Å². The first-order valence-corrected chi connectivity index (χ1v) is 6.23. The Bertz CT molecular complexity index is 483. The molecule has 2 rings (SSSR count). The van der Waals surface area contributed by atoms with Crippen molar-refractivity contribution in [1.29, 1.82) is 0 Å². The van der Waals surface area contributed by atoms with Gasteiger partial charge in [0.05, 0.1) is 5.41 Å². The summed E-state index contributed by atoms with van der Waals surface area (Å²) >= 11 is 0. The number of carbonyl (C=O) groups excluding carboxylic acids is 2. The maximum absolute atomic E-state index is 11.9. The molecule has 0 aliphatic heterocycles. The van der Waals surface area contributed by atoms with Gasteiger partial charge in [0.1, 0.15) is 6.10 Å². The molecule has 0 radical (unpaired) electrons. The molecule has 3 nitrogen and oxygen atoms in total. The number of fused-ring (bicyclic) bond motifs is 1. The summed E-state index contributed by atoms with van der Waals surface area (Å²) in [7, 11) is 0. The first-order valence-electron chi connectivity index (χ1n) is 6.23. The van der Waals surface area contributed by atoms with Crippen LogP contribution in [0.5, 0.6) is 0 Å². The summed E-state index contributed by atoms with van der Waals surface area (Å²) < 4.78 is 5.54. The Morgan fingerprint density at radius 1 is 1.28 bits per heavy atom. The van der Waals surface area contributed by atoms with Gasteiger partial charge in [-0.3, -0.25) is 9.59 Å². The Hall–Kier alpha value is -1.64. The molecule has 1 unspecified atom stereocenters. The van der Waals surface area contributed by atoms with E-state index in [9.17, 15) is 9.59 Å². The average Bonchev–Trinajstić information content (AvgIpc) is 2.32. The molecule has 3 heteroatoms. The number of benzene rings is 1. The lowest BCUT2D eigenvalue weighted by Gasteiger charge is -2.27. The zero-order valence-corrected chi connectivity index (χ0v) is 11.0. The van der Waals surface area contributed by atoms with Gasteiger partial charge in [-0.05, 0) is 27.2 Å². The van der Waals surface area contributed by atoms with Gasteiger partial charge in [-0.2, -0.15) is 0 Å². The topological polar surface area (TPSA) is 43.4 Å². The molecule has 1 aliphatic carbocycles.